The molecule has 108 valence electrons. The van der Waals surface area contributed by atoms with Gasteiger partial charge in [0.05, 0.1) is 7.11 Å². The van der Waals surface area contributed by atoms with E-state index in [0.29, 0.717) is 6.42 Å². The minimum absolute atomic E-state index is 0.108. The van der Waals surface area contributed by atoms with Gasteiger partial charge in [-0.1, -0.05) is 26.8 Å². The van der Waals surface area contributed by atoms with Crippen molar-refractivity contribution in [2.24, 2.45) is 0 Å². The summed E-state index contributed by atoms with van der Waals surface area (Å²) in [7, 11) is 5.76. The lowest BCUT2D eigenvalue weighted by Gasteiger charge is -2.28. The molecule has 3 heteroatoms. The fraction of sp³-hybridized carbons (Fsp3) is 0.625. The van der Waals surface area contributed by atoms with E-state index in [9.17, 15) is 5.11 Å². The van der Waals surface area contributed by atoms with Gasteiger partial charge in [0.25, 0.3) is 0 Å². The molecule has 0 bridgehead atoms. The summed E-state index contributed by atoms with van der Waals surface area (Å²) in [4.78, 5) is 2.13. The van der Waals surface area contributed by atoms with Crippen molar-refractivity contribution in [3.05, 3.63) is 29.3 Å². The maximum Gasteiger partial charge on any atom is 0.123 e. The summed E-state index contributed by atoms with van der Waals surface area (Å²) in [5.74, 6) is 0.889. The van der Waals surface area contributed by atoms with Crippen LogP contribution in [0.5, 0.6) is 5.75 Å². The van der Waals surface area contributed by atoms with Crippen LogP contribution in [-0.4, -0.2) is 37.8 Å². The third-order valence-electron chi connectivity index (χ3n) is 3.48. The van der Waals surface area contributed by atoms with E-state index in [4.69, 9.17) is 4.74 Å². The Labute approximate surface area is 117 Å². The molecule has 0 fully saturated rings. The molecule has 1 rings (SSSR count). The number of methoxy groups -OCH3 is 1. The lowest BCUT2D eigenvalue weighted by Crippen LogP contribution is -2.22. The molecule has 0 radical (unpaired) electrons. The number of aliphatic hydroxyl groups is 1. The van der Waals surface area contributed by atoms with Crippen molar-refractivity contribution in [1.82, 2.24) is 4.90 Å². The molecule has 1 N–H and O–H groups in total. The number of ether oxygens (including phenoxy) is 1. The van der Waals surface area contributed by atoms with Crippen molar-refractivity contribution < 1.29 is 9.84 Å². The normalized spacial score (nSPS) is 13.7. The molecule has 0 aliphatic rings. The third kappa shape index (κ3) is 3.95. The lowest BCUT2D eigenvalue weighted by molar-refractivity contribution is 0.207. The molecule has 0 amide bonds. The van der Waals surface area contributed by atoms with Gasteiger partial charge in [0.2, 0.25) is 0 Å². The minimum Gasteiger partial charge on any atom is -0.496 e. The molecule has 0 saturated heterocycles. The Morgan fingerprint density at radius 3 is 2.32 bits per heavy atom. The second-order valence-corrected chi connectivity index (χ2v) is 6.20. The van der Waals surface area contributed by atoms with E-state index in [-0.39, 0.29) is 18.1 Å². The molecular formula is C16H27NO2. The molecule has 19 heavy (non-hydrogen) atoms. The van der Waals surface area contributed by atoms with E-state index in [1.54, 1.807) is 7.11 Å². The van der Waals surface area contributed by atoms with Crippen LogP contribution in [0.3, 0.4) is 0 Å². The second kappa shape index (κ2) is 6.40. The first-order valence-corrected chi connectivity index (χ1v) is 6.77. The molecule has 1 unspecified atom stereocenters. The zero-order valence-electron chi connectivity index (χ0n) is 13.0. The number of hydrogen-bond donors (Lipinski definition) is 1. The number of hydrogen-bond acceptors (Lipinski definition) is 3. The van der Waals surface area contributed by atoms with Crippen molar-refractivity contribution in [3.8, 4) is 5.75 Å². The van der Waals surface area contributed by atoms with Crippen LogP contribution in [0.1, 0.15) is 44.4 Å². The summed E-state index contributed by atoms with van der Waals surface area (Å²) in [5, 5.41) is 9.27. The summed E-state index contributed by atoms with van der Waals surface area (Å²) in [5.41, 5.74) is 2.54. The van der Waals surface area contributed by atoms with Gasteiger partial charge in [-0.15, -0.1) is 0 Å². The first-order valence-electron chi connectivity index (χ1n) is 6.77. The molecule has 1 aromatic rings. The highest BCUT2D eigenvalue weighted by atomic mass is 16.5. The third-order valence-corrected chi connectivity index (χ3v) is 3.48. The highest BCUT2D eigenvalue weighted by molar-refractivity contribution is 5.41. The quantitative estimate of drug-likeness (QED) is 0.888. The van der Waals surface area contributed by atoms with Crippen LogP contribution in [0.2, 0.25) is 0 Å². The van der Waals surface area contributed by atoms with Crippen LogP contribution in [0.15, 0.2) is 18.2 Å². The molecule has 0 heterocycles. The topological polar surface area (TPSA) is 32.7 Å². The SMILES string of the molecule is COc1ccc(C(C)(C)C)cc1C(CCO)N(C)C. The minimum atomic E-state index is 0.108. The smallest absolute Gasteiger partial charge is 0.123 e. The van der Waals surface area contributed by atoms with E-state index >= 15 is 0 Å². The summed E-state index contributed by atoms with van der Waals surface area (Å²) in [6, 6.07) is 6.53. The monoisotopic (exact) mass is 265 g/mol. The van der Waals surface area contributed by atoms with Crippen LogP contribution in [-0.2, 0) is 5.41 Å². The van der Waals surface area contributed by atoms with Crippen LogP contribution in [0.4, 0.5) is 0 Å². The Morgan fingerprint density at radius 2 is 1.89 bits per heavy atom. The summed E-state index contributed by atoms with van der Waals surface area (Å²) in [6.45, 7) is 6.78. The maximum absolute atomic E-state index is 9.27. The Balaban J connectivity index is 3.28. The highest BCUT2D eigenvalue weighted by Gasteiger charge is 2.21. The van der Waals surface area contributed by atoms with Crippen LogP contribution >= 0.6 is 0 Å². The Hall–Kier alpha value is -1.06. The number of rotatable bonds is 5. The Morgan fingerprint density at radius 1 is 1.26 bits per heavy atom. The molecule has 0 aliphatic heterocycles. The van der Waals surface area contributed by atoms with Crippen molar-refractivity contribution >= 4 is 0 Å². The van der Waals surface area contributed by atoms with Crippen LogP contribution in [0.25, 0.3) is 0 Å². The molecule has 1 aromatic carbocycles. The van der Waals surface area contributed by atoms with E-state index in [2.05, 4.69) is 37.8 Å². The standard InChI is InChI=1S/C16H27NO2/c1-16(2,3)12-7-8-15(19-6)13(11-12)14(9-10-18)17(4)5/h7-8,11,14,18H,9-10H2,1-6H3. The van der Waals surface area contributed by atoms with Gasteiger partial charge in [-0.2, -0.15) is 0 Å². The number of benzene rings is 1. The zero-order chi connectivity index (χ0) is 14.6. The van der Waals surface area contributed by atoms with E-state index < -0.39 is 0 Å². The predicted octanol–water partition coefficient (Wildman–Crippen LogP) is 2.98. The van der Waals surface area contributed by atoms with Gasteiger partial charge in [-0.3, -0.25) is 0 Å². The van der Waals surface area contributed by atoms with Gasteiger partial charge in [0.1, 0.15) is 5.75 Å². The molecule has 0 aliphatic carbocycles. The first kappa shape index (κ1) is 16.0. The van der Waals surface area contributed by atoms with Gasteiger partial charge < -0.3 is 14.7 Å². The Kier molecular flexibility index (Phi) is 5.39. The van der Waals surface area contributed by atoms with Crippen LogP contribution in [0, 0.1) is 0 Å². The molecular weight excluding hydrogens is 238 g/mol. The number of nitrogens with zero attached hydrogens (tertiary/aromatic N) is 1. The van der Waals surface area contributed by atoms with Gasteiger partial charge in [-0.25, -0.2) is 0 Å². The summed E-state index contributed by atoms with van der Waals surface area (Å²) >= 11 is 0. The van der Waals surface area contributed by atoms with Crippen molar-refractivity contribution in [1.29, 1.82) is 0 Å². The van der Waals surface area contributed by atoms with Gasteiger partial charge in [0, 0.05) is 18.2 Å². The van der Waals surface area contributed by atoms with Gasteiger partial charge >= 0.3 is 0 Å². The number of aliphatic hydroxyl groups excluding tert-OH is 1. The largest absolute Gasteiger partial charge is 0.496 e. The molecule has 0 aromatic heterocycles. The molecule has 3 nitrogen and oxygen atoms in total. The maximum atomic E-state index is 9.27. The van der Waals surface area contributed by atoms with Crippen molar-refractivity contribution in [2.75, 3.05) is 27.8 Å². The lowest BCUT2D eigenvalue weighted by atomic mass is 9.84. The average Bonchev–Trinajstić information content (AvgIpc) is 2.33. The Bertz CT molecular complexity index is 408. The van der Waals surface area contributed by atoms with E-state index in [1.807, 2.05) is 20.2 Å². The molecule has 0 saturated carbocycles. The highest BCUT2D eigenvalue weighted by Crippen LogP contribution is 2.34. The summed E-state index contributed by atoms with van der Waals surface area (Å²) in [6.07, 6.45) is 0.705. The van der Waals surface area contributed by atoms with Crippen LogP contribution < -0.4 is 4.74 Å². The molecule has 1 atom stereocenters. The van der Waals surface area contributed by atoms with Gasteiger partial charge in [0.15, 0.2) is 0 Å². The van der Waals surface area contributed by atoms with Crippen molar-refractivity contribution in [2.45, 2.75) is 38.6 Å². The van der Waals surface area contributed by atoms with E-state index in [1.165, 1.54) is 5.56 Å². The summed E-state index contributed by atoms with van der Waals surface area (Å²) < 4.78 is 5.48. The first-order chi connectivity index (χ1) is 8.81. The van der Waals surface area contributed by atoms with Gasteiger partial charge in [-0.05, 0) is 43.6 Å². The fourth-order valence-corrected chi connectivity index (χ4v) is 2.28. The predicted molar refractivity (Wildman–Crippen MR) is 79.8 cm³/mol. The molecule has 0 spiro atoms. The van der Waals surface area contributed by atoms with E-state index in [0.717, 1.165) is 11.3 Å². The second-order valence-electron chi connectivity index (χ2n) is 6.20. The van der Waals surface area contributed by atoms with Crippen molar-refractivity contribution in [3.63, 3.8) is 0 Å². The zero-order valence-corrected chi connectivity index (χ0v) is 13.0. The average molecular weight is 265 g/mol. The fourth-order valence-electron chi connectivity index (χ4n) is 2.28.